The molecule has 3 rings (SSSR count). The zero-order chi connectivity index (χ0) is 20.5. The molecule has 0 atom stereocenters. The molecule has 0 heterocycles. The van der Waals surface area contributed by atoms with E-state index in [2.05, 4.69) is 10.6 Å². The zero-order valence-corrected chi connectivity index (χ0v) is 15.8. The molecule has 29 heavy (non-hydrogen) atoms. The van der Waals surface area contributed by atoms with Gasteiger partial charge < -0.3 is 19.5 Å². The average Bonchev–Trinajstić information content (AvgIpc) is 2.74. The van der Waals surface area contributed by atoms with Gasteiger partial charge in [-0.15, -0.1) is 0 Å². The number of hydrogen-bond acceptors (Lipinski definition) is 5. The quantitative estimate of drug-likeness (QED) is 0.629. The van der Waals surface area contributed by atoms with Crippen LogP contribution in [0.3, 0.4) is 0 Å². The molecule has 0 aliphatic heterocycles. The van der Waals surface area contributed by atoms with Crippen LogP contribution in [0.25, 0.3) is 0 Å². The smallest absolute Gasteiger partial charge is 0.325 e. The molecule has 3 aromatic carbocycles. The number of urea groups is 1. The van der Waals surface area contributed by atoms with Crippen molar-refractivity contribution in [2.45, 2.75) is 0 Å². The molecular formula is C22H20N2O5. The topological polar surface area (TPSA) is 85.9 Å². The van der Waals surface area contributed by atoms with Gasteiger partial charge in [-0.3, -0.25) is 10.1 Å². The molecule has 0 saturated carbocycles. The third kappa shape index (κ3) is 6.00. The lowest BCUT2D eigenvalue weighted by Gasteiger charge is -2.11. The predicted molar refractivity (Wildman–Crippen MR) is 109 cm³/mol. The van der Waals surface area contributed by atoms with Crippen LogP contribution in [0.15, 0.2) is 78.9 Å². The van der Waals surface area contributed by atoms with Gasteiger partial charge in [-0.2, -0.15) is 0 Å². The second-order valence-electron chi connectivity index (χ2n) is 5.88. The molecule has 0 bridgehead atoms. The summed E-state index contributed by atoms with van der Waals surface area (Å²) < 4.78 is 16.2. The molecule has 148 valence electrons. The van der Waals surface area contributed by atoms with Gasteiger partial charge >= 0.3 is 6.03 Å². The molecule has 0 aliphatic carbocycles. The molecular weight excluding hydrogens is 372 g/mol. The van der Waals surface area contributed by atoms with E-state index in [-0.39, 0.29) is 6.61 Å². The summed E-state index contributed by atoms with van der Waals surface area (Å²) in [7, 11) is 1.51. The number of anilines is 1. The molecule has 7 nitrogen and oxygen atoms in total. The van der Waals surface area contributed by atoms with E-state index in [1.54, 1.807) is 48.5 Å². The van der Waals surface area contributed by atoms with Crippen LogP contribution >= 0.6 is 0 Å². The molecule has 0 unspecified atom stereocenters. The van der Waals surface area contributed by atoms with Gasteiger partial charge in [0, 0.05) is 5.69 Å². The van der Waals surface area contributed by atoms with Gasteiger partial charge in [-0.25, -0.2) is 4.79 Å². The van der Waals surface area contributed by atoms with E-state index >= 15 is 0 Å². The number of methoxy groups -OCH3 is 1. The number of carbonyl (C=O) groups excluding carboxylic acids is 2. The van der Waals surface area contributed by atoms with E-state index < -0.39 is 11.9 Å². The molecule has 3 amide bonds. The van der Waals surface area contributed by atoms with Crippen LogP contribution in [0.4, 0.5) is 10.5 Å². The summed E-state index contributed by atoms with van der Waals surface area (Å²) in [6, 6.07) is 22.4. The lowest BCUT2D eigenvalue weighted by Crippen LogP contribution is -2.37. The molecule has 3 aromatic rings. The normalized spacial score (nSPS) is 9.97. The van der Waals surface area contributed by atoms with E-state index in [0.717, 1.165) is 0 Å². The van der Waals surface area contributed by atoms with Gasteiger partial charge in [0.1, 0.15) is 11.5 Å². The first-order valence-electron chi connectivity index (χ1n) is 8.83. The standard InChI is InChI=1S/C22H20N2O5/c1-27-19-9-5-6-10-20(19)28-15-21(25)24-22(26)23-16-11-13-18(14-12-16)29-17-7-3-2-4-8-17/h2-14H,15H2,1H3,(H2,23,24,25,26). The SMILES string of the molecule is COc1ccccc1OCC(=O)NC(=O)Nc1ccc(Oc2ccccc2)cc1. The third-order valence-corrected chi connectivity index (χ3v) is 3.77. The minimum Gasteiger partial charge on any atom is -0.493 e. The van der Waals surface area contributed by atoms with Crippen molar-refractivity contribution in [2.24, 2.45) is 0 Å². The second-order valence-corrected chi connectivity index (χ2v) is 5.88. The van der Waals surface area contributed by atoms with E-state index in [9.17, 15) is 9.59 Å². The molecule has 0 spiro atoms. The fraction of sp³-hybridized carbons (Fsp3) is 0.0909. The van der Waals surface area contributed by atoms with Crippen molar-refractivity contribution in [1.82, 2.24) is 5.32 Å². The number of carbonyl (C=O) groups is 2. The Kier molecular flexibility index (Phi) is 6.67. The second kappa shape index (κ2) is 9.80. The maximum Gasteiger partial charge on any atom is 0.325 e. The lowest BCUT2D eigenvalue weighted by atomic mass is 10.3. The Balaban J connectivity index is 1.46. The maximum absolute atomic E-state index is 12.0. The van der Waals surface area contributed by atoms with Crippen molar-refractivity contribution >= 4 is 17.6 Å². The molecule has 2 N–H and O–H groups in total. The highest BCUT2D eigenvalue weighted by Crippen LogP contribution is 2.25. The van der Waals surface area contributed by atoms with E-state index in [4.69, 9.17) is 14.2 Å². The summed E-state index contributed by atoms with van der Waals surface area (Å²) in [4.78, 5) is 23.9. The molecule has 0 radical (unpaired) electrons. The Morgan fingerprint density at radius 2 is 1.41 bits per heavy atom. The first-order chi connectivity index (χ1) is 14.1. The molecule has 0 aromatic heterocycles. The Morgan fingerprint density at radius 1 is 0.793 bits per heavy atom. The summed E-state index contributed by atoms with van der Waals surface area (Å²) in [6.45, 7) is -0.322. The number of imide groups is 1. The number of para-hydroxylation sites is 3. The van der Waals surface area contributed by atoms with Gasteiger partial charge in [0.2, 0.25) is 0 Å². The number of amides is 3. The largest absolute Gasteiger partial charge is 0.493 e. The Bertz CT molecular complexity index is 958. The van der Waals surface area contributed by atoms with Crippen LogP contribution in [0, 0.1) is 0 Å². The third-order valence-electron chi connectivity index (χ3n) is 3.77. The van der Waals surface area contributed by atoms with Crippen LogP contribution in [-0.4, -0.2) is 25.7 Å². The van der Waals surface area contributed by atoms with Crippen LogP contribution in [0.2, 0.25) is 0 Å². The highest BCUT2D eigenvalue weighted by Gasteiger charge is 2.11. The van der Waals surface area contributed by atoms with Crippen LogP contribution in [0.1, 0.15) is 0 Å². The number of benzene rings is 3. The Hall–Kier alpha value is -4.00. The number of ether oxygens (including phenoxy) is 3. The number of nitrogens with one attached hydrogen (secondary N) is 2. The summed E-state index contributed by atoms with van der Waals surface area (Å²) >= 11 is 0. The fourth-order valence-corrected chi connectivity index (χ4v) is 2.44. The van der Waals surface area contributed by atoms with Crippen molar-refractivity contribution in [3.63, 3.8) is 0 Å². The summed E-state index contributed by atoms with van der Waals surface area (Å²) in [6.07, 6.45) is 0. The summed E-state index contributed by atoms with van der Waals surface area (Å²) in [5.74, 6) is 1.68. The van der Waals surface area contributed by atoms with Gasteiger partial charge in [-0.1, -0.05) is 30.3 Å². The average molecular weight is 392 g/mol. The van der Waals surface area contributed by atoms with Crippen LogP contribution in [0.5, 0.6) is 23.0 Å². The molecule has 0 saturated heterocycles. The maximum atomic E-state index is 12.0. The fourth-order valence-electron chi connectivity index (χ4n) is 2.44. The summed E-state index contributed by atoms with van der Waals surface area (Å²) in [5.41, 5.74) is 0.515. The highest BCUT2D eigenvalue weighted by atomic mass is 16.5. The van der Waals surface area contributed by atoms with Crippen LogP contribution in [-0.2, 0) is 4.79 Å². The molecule has 7 heteroatoms. The molecule has 0 fully saturated rings. The monoisotopic (exact) mass is 392 g/mol. The lowest BCUT2D eigenvalue weighted by molar-refractivity contribution is -0.121. The Labute approximate surface area is 168 Å². The van der Waals surface area contributed by atoms with Crippen molar-refractivity contribution in [2.75, 3.05) is 19.0 Å². The first-order valence-corrected chi connectivity index (χ1v) is 8.83. The zero-order valence-electron chi connectivity index (χ0n) is 15.8. The van der Waals surface area contributed by atoms with Crippen molar-refractivity contribution < 1.29 is 23.8 Å². The molecule has 0 aliphatic rings. The van der Waals surface area contributed by atoms with Gasteiger partial charge in [0.15, 0.2) is 18.1 Å². The van der Waals surface area contributed by atoms with Crippen molar-refractivity contribution in [3.8, 4) is 23.0 Å². The van der Waals surface area contributed by atoms with Crippen molar-refractivity contribution in [1.29, 1.82) is 0 Å². The van der Waals surface area contributed by atoms with Gasteiger partial charge in [-0.05, 0) is 48.5 Å². The minimum absolute atomic E-state index is 0.322. The highest BCUT2D eigenvalue weighted by molar-refractivity contribution is 6.01. The Morgan fingerprint density at radius 3 is 2.10 bits per heavy atom. The van der Waals surface area contributed by atoms with Crippen LogP contribution < -0.4 is 24.8 Å². The number of hydrogen-bond donors (Lipinski definition) is 2. The van der Waals surface area contributed by atoms with E-state index in [1.165, 1.54) is 7.11 Å². The van der Waals surface area contributed by atoms with Crippen molar-refractivity contribution in [3.05, 3.63) is 78.9 Å². The summed E-state index contributed by atoms with van der Waals surface area (Å²) in [5, 5.41) is 4.78. The van der Waals surface area contributed by atoms with E-state index in [0.29, 0.717) is 28.7 Å². The minimum atomic E-state index is -0.657. The first kappa shape index (κ1) is 19.8. The predicted octanol–water partition coefficient (Wildman–Crippen LogP) is 4.21. The van der Waals surface area contributed by atoms with E-state index in [1.807, 2.05) is 30.3 Å². The number of rotatable bonds is 7. The van der Waals surface area contributed by atoms with Gasteiger partial charge in [0.05, 0.1) is 7.11 Å². The van der Waals surface area contributed by atoms with Gasteiger partial charge in [0.25, 0.3) is 5.91 Å².